The summed E-state index contributed by atoms with van der Waals surface area (Å²) in [6.07, 6.45) is 20.2. The zero-order valence-corrected chi connectivity index (χ0v) is 37.3. The molecule has 0 saturated heterocycles. The fourth-order valence-corrected chi connectivity index (χ4v) is 5.13. The van der Waals surface area contributed by atoms with Crippen LogP contribution in [0.4, 0.5) is 23.3 Å². The predicted octanol–water partition coefficient (Wildman–Crippen LogP) is 5.06. The average Bonchev–Trinajstić information content (AvgIpc) is 4.22. The Labute approximate surface area is 381 Å². The zero-order chi connectivity index (χ0) is 46.9. The Bertz CT molecular complexity index is 2330. The van der Waals surface area contributed by atoms with E-state index in [1.807, 2.05) is 101 Å². The predicted molar refractivity (Wildman–Crippen MR) is 259 cm³/mol. The van der Waals surface area contributed by atoms with Crippen LogP contribution in [0.15, 0.2) is 143 Å². The standard InChI is InChI=1S/2C20H20N10.2C2H6O/c2*1-29(25-13-16-21-8-9-22-16)18-12-19(30(2)26-14-17-23-10-11-24-17)28-20(27-18)15-6-4-3-5-7-15;2*1-2-3/h2*3-14H,1-2H3,(H,21,22)(H,23,24);2*3H,2H2,1H3/b2*25-13+,26-14+;;. The van der Waals surface area contributed by atoms with Crippen molar-refractivity contribution in [2.45, 2.75) is 13.8 Å². The van der Waals surface area contributed by atoms with Crippen LogP contribution >= 0.6 is 0 Å². The van der Waals surface area contributed by atoms with Crippen LogP contribution in [0.3, 0.4) is 0 Å². The molecule has 0 amide bonds. The fraction of sp³-hybridized carbons (Fsp3) is 0.182. The van der Waals surface area contributed by atoms with Crippen LogP contribution in [0.5, 0.6) is 0 Å². The number of hydrogen-bond acceptors (Lipinski definition) is 18. The summed E-state index contributed by atoms with van der Waals surface area (Å²) >= 11 is 0. The van der Waals surface area contributed by atoms with Crippen LogP contribution < -0.4 is 20.0 Å². The molecule has 0 aliphatic heterocycles. The second-order valence-corrected chi connectivity index (χ2v) is 13.2. The minimum atomic E-state index is 0.250. The van der Waals surface area contributed by atoms with Gasteiger partial charge < -0.3 is 30.1 Å². The van der Waals surface area contributed by atoms with Crippen molar-refractivity contribution in [2.75, 3.05) is 61.4 Å². The molecule has 0 spiro atoms. The Morgan fingerprint density at radius 2 is 0.682 bits per heavy atom. The van der Waals surface area contributed by atoms with Gasteiger partial charge in [0, 0.05) is 114 Å². The highest BCUT2D eigenvalue weighted by molar-refractivity contribution is 5.77. The Morgan fingerprint density at radius 1 is 0.439 bits per heavy atom. The van der Waals surface area contributed by atoms with E-state index in [1.165, 1.54) is 0 Å². The SMILES string of the molecule is CCO.CCO.CN(/N=C/c1ncc[nH]1)c1cc(N(C)/N=C/c2ncc[nH]2)nc(-c2ccccc2)n1.CN(/N=C/c1ncc[nH]1)c1cc(N(C)/N=C/c2ncc[nH]2)nc(-c2ccccc2)n1. The third-order valence-corrected chi connectivity index (χ3v) is 8.28. The van der Waals surface area contributed by atoms with Gasteiger partial charge in [-0.3, -0.25) is 20.0 Å². The van der Waals surface area contributed by atoms with E-state index >= 15 is 0 Å². The van der Waals surface area contributed by atoms with Crippen LogP contribution in [0, 0.1) is 0 Å². The van der Waals surface area contributed by atoms with Gasteiger partial charge in [-0.25, -0.2) is 39.9 Å². The molecule has 22 nitrogen and oxygen atoms in total. The monoisotopic (exact) mass is 892 g/mol. The first-order chi connectivity index (χ1) is 32.2. The lowest BCUT2D eigenvalue weighted by Crippen LogP contribution is -2.16. The molecule has 8 aromatic rings. The van der Waals surface area contributed by atoms with Crippen LogP contribution in [-0.4, -0.2) is 136 Å². The van der Waals surface area contributed by atoms with Crippen molar-refractivity contribution < 1.29 is 10.2 Å². The first kappa shape index (κ1) is 48.3. The maximum Gasteiger partial charge on any atom is 0.164 e. The third kappa shape index (κ3) is 15.2. The molecule has 0 aliphatic rings. The lowest BCUT2D eigenvalue weighted by Gasteiger charge is -2.17. The number of benzene rings is 2. The lowest BCUT2D eigenvalue weighted by molar-refractivity contribution is 0.318. The van der Waals surface area contributed by atoms with Crippen molar-refractivity contribution in [3.8, 4) is 22.8 Å². The van der Waals surface area contributed by atoms with Gasteiger partial charge in [0.1, 0.15) is 23.3 Å². The van der Waals surface area contributed by atoms with Gasteiger partial charge in [-0.05, 0) is 13.8 Å². The highest BCUT2D eigenvalue weighted by atomic mass is 16.3. The van der Waals surface area contributed by atoms with Gasteiger partial charge in [0.25, 0.3) is 0 Å². The summed E-state index contributed by atoms with van der Waals surface area (Å²) in [5, 5.41) is 39.4. The molecular formula is C44H52N20O2. The van der Waals surface area contributed by atoms with Crippen LogP contribution in [-0.2, 0) is 0 Å². The molecule has 0 unspecified atom stereocenters. The van der Waals surface area contributed by atoms with Crippen molar-refractivity contribution in [3.05, 3.63) is 146 Å². The number of aromatic nitrogens is 12. The number of imidazole rings is 4. The van der Waals surface area contributed by atoms with E-state index in [-0.39, 0.29) is 13.2 Å². The summed E-state index contributed by atoms with van der Waals surface area (Å²) in [6, 6.07) is 23.2. The molecule has 0 saturated carbocycles. The molecule has 0 radical (unpaired) electrons. The number of nitrogens with zero attached hydrogens (tertiary/aromatic N) is 16. The number of anilines is 4. The Morgan fingerprint density at radius 3 is 0.894 bits per heavy atom. The minimum Gasteiger partial charge on any atom is -0.397 e. The molecule has 8 rings (SSSR count). The smallest absolute Gasteiger partial charge is 0.164 e. The number of hydrogen-bond donors (Lipinski definition) is 6. The highest BCUT2D eigenvalue weighted by Gasteiger charge is 2.14. The number of nitrogens with one attached hydrogen (secondary N) is 4. The molecule has 0 fully saturated rings. The normalized spacial score (nSPS) is 10.9. The van der Waals surface area contributed by atoms with E-state index < -0.39 is 0 Å². The van der Waals surface area contributed by atoms with Crippen molar-refractivity contribution in [2.24, 2.45) is 20.4 Å². The molecular weight excluding hydrogens is 841 g/mol. The average molecular weight is 893 g/mol. The molecule has 22 heteroatoms. The lowest BCUT2D eigenvalue weighted by atomic mass is 10.2. The summed E-state index contributed by atoms with van der Waals surface area (Å²) in [6.45, 7) is 3.86. The van der Waals surface area contributed by atoms with Crippen molar-refractivity contribution in [1.29, 1.82) is 0 Å². The van der Waals surface area contributed by atoms with E-state index in [0.29, 0.717) is 58.2 Å². The maximum absolute atomic E-state index is 7.57. The van der Waals surface area contributed by atoms with Crippen molar-refractivity contribution in [3.63, 3.8) is 0 Å². The van der Waals surface area contributed by atoms with E-state index in [4.69, 9.17) is 10.2 Å². The second kappa shape index (κ2) is 26.0. The van der Waals surface area contributed by atoms with Gasteiger partial charge in [-0.1, -0.05) is 60.7 Å². The van der Waals surface area contributed by atoms with E-state index in [0.717, 1.165) is 11.1 Å². The molecule has 0 bridgehead atoms. The molecule has 2 aromatic carbocycles. The van der Waals surface area contributed by atoms with Gasteiger partial charge in [0.2, 0.25) is 0 Å². The summed E-state index contributed by atoms with van der Waals surface area (Å²) in [5.74, 6) is 6.21. The van der Waals surface area contributed by atoms with E-state index in [2.05, 4.69) is 80.2 Å². The summed E-state index contributed by atoms with van der Waals surface area (Å²) in [5.41, 5.74) is 1.79. The molecule has 340 valence electrons. The molecule has 6 aromatic heterocycles. The van der Waals surface area contributed by atoms with Gasteiger partial charge in [0.15, 0.2) is 34.9 Å². The van der Waals surface area contributed by atoms with Crippen LogP contribution in [0.25, 0.3) is 22.8 Å². The summed E-state index contributed by atoms with van der Waals surface area (Å²) < 4.78 is 0. The maximum atomic E-state index is 7.57. The van der Waals surface area contributed by atoms with Gasteiger partial charge in [0.05, 0.1) is 24.9 Å². The van der Waals surface area contributed by atoms with Crippen molar-refractivity contribution >= 4 is 48.1 Å². The number of aliphatic hydroxyl groups is 2. The number of rotatable bonds is 14. The molecule has 6 N–H and O–H groups in total. The first-order valence-electron chi connectivity index (χ1n) is 20.4. The van der Waals surface area contributed by atoms with Gasteiger partial charge in [-0.15, -0.1) is 0 Å². The molecule has 0 atom stereocenters. The fourth-order valence-electron chi connectivity index (χ4n) is 5.13. The van der Waals surface area contributed by atoms with Crippen LogP contribution in [0.1, 0.15) is 37.1 Å². The Kier molecular flexibility index (Phi) is 19.0. The molecule has 0 aliphatic carbocycles. The third-order valence-electron chi connectivity index (χ3n) is 8.28. The quantitative estimate of drug-likeness (QED) is 0.0616. The van der Waals surface area contributed by atoms with Gasteiger partial charge >= 0.3 is 0 Å². The largest absolute Gasteiger partial charge is 0.397 e. The first-order valence-corrected chi connectivity index (χ1v) is 20.4. The summed E-state index contributed by atoms with van der Waals surface area (Å²) in [4.78, 5) is 47.2. The van der Waals surface area contributed by atoms with Gasteiger partial charge in [-0.2, -0.15) is 20.4 Å². The zero-order valence-electron chi connectivity index (χ0n) is 37.3. The molecule has 6 heterocycles. The molecule has 66 heavy (non-hydrogen) atoms. The minimum absolute atomic E-state index is 0.250. The number of H-pyrrole nitrogens is 4. The Hall–Kier alpha value is -8.76. The van der Waals surface area contributed by atoms with E-state index in [9.17, 15) is 0 Å². The van der Waals surface area contributed by atoms with Crippen LogP contribution in [0.2, 0.25) is 0 Å². The van der Waals surface area contributed by atoms with Crippen molar-refractivity contribution in [1.82, 2.24) is 59.8 Å². The number of hydrazone groups is 4. The second-order valence-electron chi connectivity index (χ2n) is 13.2. The highest BCUT2D eigenvalue weighted by Crippen LogP contribution is 2.25. The van der Waals surface area contributed by atoms with E-state index in [1.54, 1.807) is 108 Å². The summed E-state index contributed by atoms with van der Waals surface area (Å²) in [7, 11) is 7.25. The Balaban J connectivity index is 0.000000221. The topological polar surface area (TPSA) is 269 Å². The number of aromatic amines is 4. The number of aliphatic hydroxyl groups excluding tert-OH is 2.